The molecule has 0 amide bonds. The summed E-state index contributed by atoms with van der Waals surface area (Å²) in [7, 11) is 2.04. The van der Waals surface area contributed by atoms with E-state index in [1.54, 1.807) is 0 Å². The first kappa shape index (κ1) is 12.1. The summed E-state index contributed by atoms with van der Waals surface area (Å²) in [5, 5.41) is 4.67. The van der Waals surface area contributed by atoms with Gasteiger partial charge in [0.2, 0.25) is 0 Å². The first-order valence-corrected chi connectivity index (χ1v) is 6.22. The molecule has 0 saturated heterocycles. The molecule has 0 saturated carbocycles. The van der Waals surface area contributed by atoms with E-state index >= 15 is 0 Å². The maximum Gasteiger partial charge on any atom is 0.0704 e. The van der Waals surface area contributed by atoms with Gasteiger partial charge in [-0.15, -0.1) is 0 Å². The molecule has 90 valence electrons. The van der Waals surface area contributed by atoms with E-state index in [1.165, 1.54) is 10.9 Å². The number of hydrogen-bond donors (Lipinski definition) is 1. The molecule has 2 nitrogen and oxygen atoms in total. The minimum atomic E-state index is 0.515. The number of aromatic nitrogens is 1. The van der Waals surface area contributed by atoms with Crippen LogP contribution in [0.5, 0.6) is 0 Å². The van der Waals surface area contributed by atoms with E-state index in [-0.39, 0.29) is 0 Å². The lowest BCUT2D eigenvalue weighted by Crippen LogP contribution is -2.32. The zero-order chi connectivity index (χ0) is 12.3. The van der Waals surface area contributed by atoms with Crippen molar-refractivity contribution in [3.8, 4) is 0 Å². The van der Waals surface area contributed by atoms with Gasteiger partial charge in [0.1, 0.15) is 0 Å². The molecule has 2 aromatic rings. The summed E-state index contributed by atoms with van der Waals surface area (Å²) in [6.07, 6.45) is 2.96. The van der Waals surface area contributed by atoms with Crippen LogP contribution in [0.2, 0.25) is 0 Å². The fraction of sp³-hybridized carbons (Fsp3) is 0.400. The molecule has 1 N–H and O–H groups in total. The monoisotopic (exact) mass is 228 g/mol. The molecule has 17 heavy (non-hydrogen) atoms. The van der Waals surface area contributed by atoms with Crippen molar-refractivity contribution >= 4 is 10.9 Å². The minimum Gasteiger partial charge on any atom is -0.316 e. The Bertz CT molecular complexity index is 486. The van der Waals surface area contributed by atoms with Gasteiger partial charge in [-0.1, -0.05) is 32.0 Å². The second kappa shape index (κ2) is 5.28. The molecular formula is C15H20N2. The van der Waals surface area contributed by atoms with Gasteiger partial charge < -0.3 is 5.32 Å². The molecule has 1 aromatic carbocycles. The number of para-hydroxylation sites is 1. The van der Waals surface area contributed by atoms with E-state index in [9.17, 15) is 0 Å². The molecule has 0 bridgehead atoms. The third kappa shape index (κ3) is 2.64. The Morgan fingerprint density at radius 3 is 2.65 bits per heavy atom. The number of pyridine rings is 1. The molecule has 0 spiro atoms. The van der Waals surface area contributed by atoms with E-state index < -0.39 is 0 Å². The summed E-state index contributed by atoms with van der Waals surface area (Å²) in [6, 6.07) is 11.0. The fourth-order valence-corrected chi connectivity index (χ4v) is 2.24. The van der Waals surface area contributed by atoms with Gasteiger partial charge in [0, 0.05) is 17.6 Å². The van der Waals surface area contributed by atoms with Crippen LogP contribution in [0.15, 0.2) is 36.5 Å². The van der Waals surface area contributed by atoms with Gasteiger partial charge in [0.25, 0.3) is 0 Å². The van der Waals surface area contributed by atoms with Gasteiger partial charge in [0.05, 0.1) is 5.52 Å². The van der Waals surface area contributed by atoms with Crippen LogP contribution >= 0.6 is 0 Å². The fourth-order valence-electron chi connectivity index (χ4n) is 2.24. The van der Waals surface area contributed by atoms with E-state index in [0.29, 0.717) is 12.0 Å². The third-order valence-electron chi connectivity index (χ3n) is 3.35. The summed E-state index contributed by atoms with van der Waals surface area (Å²) in [5.74, 6) is 0.631. The van der Waals surface area contributed by atoms with E-state index in [0.717, 1.165) is 11.9 Å². The van der Waals surface area contributed by atoms with Crippen molar-refractivity contribution in [3.05, 3.63) is 42.1 Å². The van der Waals surface area contributed by atoms with Gasteiger partial charge in [-0.2, -0.15) is 0 Å². The number of hydrogen-bond acceptors (Lipinski definition) is 2. The zero-order valence-electron chi connectivity index (χ0n) is 10.8. The smallest absolute Gasteiger partial charge is 0.0704 e. The Labute approximate surface area is 103 Å². The first-order valence-electron chi connectivity index (χ1n) is 6.22. The Morgan fingerprint density at radius 1 is 1.18 bits per heavy atom. The molecule has 1 heterocycles. The Hall–Kier alpha value is -1.41. The van der Waals surface area contributed by atoms with Crippen molar-refractivity contribution in [3.63, 3.8) is 0 Å². The van der Waals surface area contributed by atoms with Crippen molar-refractivity contribution in [1.29, 1.82) is 0 Å². The van der Waals surface area contributed by atoms with Crippen LogP contribution in [0.4, 0.5) is 0 Å². The number of fused-ring (bicyclic) bond motifs is 1. The lowest BCUT2D eigenvalue weighted by atomic mass is 9.95. The maximum absolute atomic E-state index is 4.40. The van der Waals surface area contributed by atoms with Gasteiger partial charge in [-0.05, 0) is 37.1 Å². The number of nitrogens with zero attached hydrogens (tertiary/aromatic N) is 1. The van der Waals surface area contributed by atoms with Crippen LogP contribution in [0.25, 0.3) is 10.9 Å². The van der Waals surface area contributed by atoms with E-state index in [2.05, 4.69) is 48.4 Å². The molecule has 2 heteroatoms. The SMILES string of the molecule is CNC(Cc1ccnc2ccccc12)C(C)C. The summed E-state index contributed by atoms with van der Waals surface area (Å²) < 4.78 is 0. The van der Waals surface area contributed by atoms with Crippen LogP contribution in [-0.2, 0) is 6.42 Å². The highest BCUT2D eigenvalue weighted by Crippen LogP contribution is 2.19. The van der Waals surface area contributed by atoms with Crippen molar-refractivity contribution in [2.75, 3.05) is 7.05 Å². The molecule has 0 aliphatic rings. The summed E-state index contributed by atoms with van der Waals surface area (Å²) in [4.78, 5) is 4.40. The van der Waals surface area contributed by atoms with Crippen molar-refractivity contribution in [1.82, 2.24) is 10.3 Å². The molecule has 0 aliphatic carbocycles. The van der Waals surface area contributed by atoms with Crippen LogP contribution in [0, 0.1) is 5.92 Å². The van der Waals surface area contributed by atoms with Crippen LogP contribution < -0.4 is 5.32 Å². The van der Waals surface area contributed by atoms with Crippen molar-refractivity contribution < 1.29 is 0 Å². The minimum absolute atomic E-state index is 0.515. The van der Waals surface area contributed by atoms with E-state index in [1.807, 2.05) is 19.3 Å². The quantitative estimate of drug-likeness (QED) is 0.870. The molecule has 0 aliphatic heterocycles. The van der Waals surface area contributed by atoms with Crippen molar-refractivity contribution in [2.24, 2.45) is 5.92 Å². The molecule has 1 aromatic heterocycles. The predicted octanol–water partition coefficient (Wildman–Crippen LogP) is 3.02. The zero-order valence-corrected chi connectivity index (χ0v) is 10.8. The standard InChI is InChI=1S/C15H20N2/c1-11(2)15(16-3)10-12-8-9-17-14-7-5-4-6-13(12)14/h4-9,11,15-16H,10H2,1-3H3. The van der Waals surface area contributed by atoms with E-state index in [4.69, 9.17) is 0 Å². The Morgan fingerprint density at radius 2 is 1.94 bits per heavy atom. The van der Waals surface area contributed by atoms with Gasteiger partial charge >= 0.3 is 0 Å². The largest absolute Gasteiger partial charge is 0.316 e. The molecule has 0 fully saturated rings. The van der Waals surface area contributed by atoms with Crippen LogP contribution in [0.1, 0.15) is 19.4 Å². The van der Waals surface area contributed by atoms with Crippen molar-refractivity contribution in [2.45, 2.75) is 26.3 Å². The lowest BCUT2D eigenvalue weighted by molar-refractivity contribution is 0.425. The normalized spacial score (nSPS) is 13.2. The second-order valence-corrected chi connectivity index (χ2v) is 4.83. The molecule has 1 unspecified atom stereocenters. The van der Waals surface area contributed by atoms with Crippen LogP contribution in [0.3, 0.4) is 0 Å². The third-order valence-corrected chi connectivity index (χ3v) is 3.35. The highest BCUT2D eigenvalue weighted by molar-refractivity contribution is 5.81. The number of benzene rings is 1. The highest BCUT2D eigenvalue weighted by atomic mass is 14.9. The molecule has 2 rings (SSSR count). The number of nitrogens with one attached hydrogen (secondary N) is 1. The summed E-state index contributed by atoms with van der Waals surface area (Å²) in [6.45, 7) is 4.51. The van der Waals surface area contributed by atoms with Gasteiger partial charge in [0.15, 0.2) is 0 Å². The predicted molar refractivity (Wildman–Crippen MR) is 73.1 cm³/mol. The van der Waals surface area contributed by atoms with Gasteiger partial charge in [-0.3, -0.25) is 4.98 Å². The summed E-state index contributed by atoms with van der Waals surface area (Å²) >= 11 is 0. The first-order chi connectivity index (χ1) is 8.22. The highest BCUT2D eigenvalue weighted by Gasteiger charge is 2.13. The molecule has 0 radical (unpaired) electrons. The van der Waals surface area contributed by atoms with Crippen LogP contribution in [-0.4, -0.2) is 18.1 Å². The topological polar surface area (TPSA) is 24.9 Å². The maximum atomic E-state index is 4.40. The lowest BCUT2D eigenvalue weighted by Gasteiger charge is -2.20. The molecular weight excluding hydrogens is 208 g/mol. The number of likely N-dealkylation sites (N-methyl/N-ethyl adjacent to an activating group) is 1. The second-order valence-electron chi connectivity index (χ2n) is 4.83. The number of rotatable bonds is 4. The Balaban J connectivity index is 2.35. The van der Waals surface area contributed by atoms with Gasteiger partial charge in [-0.25, -0.2) is 0 Å². The molecule has 1 atom stereocenters. The average Bonchev–Trinajstić information content (AvgIpc) is 2.35. The summed E-state index contributed by atoms with van der Waals surface area (Å²) in [5.41, 5.74) is 2.47. The average molecular weight is 228 g/mol. The Kier molecular flexibility index (Phi) is 3.75.